The van der Waals surface area contributed by atoms with Gasteiger partial charge in [0.2, 0.25) is 0 Å². The molecule has 0 radical (unpaired) electrons. The maximum absolute atomic E-state index is 10.7. The van der Waals surface area contributed by atoms with Crippen LogP contribution < -0.4 is 0 Å². The molecule has 0 aromatic heterocycles. The van der Waals surface area contributed by atoms with E-state index in [2.05, 4.69) is 0 Å². The number of rotatable bonds is 2. The molecule has 2 rings (SSSR count). The SMILES string of the molecule is O=C(O)C(O)c1cccc2c1SCCC2. The molecular weight excluding hydrogens is 212 g/mol. The Balaban J connectivity index is 2.43. The van der Waals surface area contributed by atoms with Crippen LogP contribution in [0.5, 0.6) is 0 Å². The van der Waals surface area contributed by atoms with Crippen molar-refractivity contribution in [3.8, 4) is 0 Å². The molecule has 0 bridgehead atoms. The molecule has 1 unspecified atom stereocenters. The molecule has 2 N–H and O–H groups in total. The normalized spacial score (nSPS) is 16.9. The van der Waals surface area contributed by atoms with Crippen molar-refractivity contribution in [2.75, 3.05) is 5.75 Å². The van der Waals surface area contributed by atoms with Crippen molar-refractivity contribution >= 4 is 17.7 Å². The largest absolute Gasteiger partial charge is 0.479 e. The lowest BCUT2D eigenvalue weighted by atomic mass is 10.0. The van der Waals surface area contributed by atoms with E-state index in [0.29, 0.717) is 5.56 Å². The topological polar surface area (TPSA) is 57.5 Å². The smallest absolute Gasteiger partial charge is 0.337 e. The summed E-state index contributed by atoms with van der Waals surface area (Å²) >= 11 is 1.64. The van der Waals surface area contributed by atoms with Gasteiger partial charge >= 0.3 is 5.97 Å². The van der Waals surface area contributed by atoms with Gasteiger partial charge in [-0.2, -0.15) is 0 Å². The van der Waals surface area contributed by atoms with Crippen LogP contribution in [-0.4, -0.2) is 21.9 Å². The number of hydrogen-bond acceptors (Lipinski definition) is 3. The highest BCUT2D eigenvalue weighted by atomic mass is 32.2. The standard InChI is InChI=1S/C11H12O3S/c12-9(11(13)14)8-5-1-3-7-4-2-6-15-10(7)8/h1,3,5,9,12H,2,4,6H2,(H,13,14). The number of aliphatic carboxylic acids is 1. The highest BCUT2D eigenvalue weighted by Gasteiger charge is 2.22. The Labute approximate surface area is 92.1 Å². The van der Waals surface area contributed by atoms with Gasteiger partial charge in [-0.3, -0.25) is 0 Å². The summed E-state index contributed by atoms with van der Waals surface area (Å²) in [5, 5.41) is 18.3. The minimum absolute atomic E-state index is 0.532. The lowest BCUT2D eigenvalue weighted by Gasteiger charge is -2.19. The van der Waals surface area contributed by atoms with Crippen molar-refractivity contribution < 1.29 is 15.0 Å². The maximum Gasteiger partial charge on any atom is 0.337 e. The summed E-state index contributed by atoms with van der Waals surface area (Å²) in [5.74, 6) is -0.189. The van der Waals surface area contributed by atoms with Crippen LogP contribution in [0.15, 0.2) is 23.1 Å². The Morgan fingerprint density at radius 2 is 2.27 bits per heavy atom. The average Bonchev–Trinajstić information content (AvgIpc) is 2.27. The van der Waals surface area contributed by atoms with E-state index in [9.17, 15) is 9.90 Å². The van der Waals surface area contributed by atoms with Crippen molar-refractivity contribution in [1.29, 1.82) is 0 Å². The van der Waals surface area contributed by atoms with Gasteiger partial charge in [-0.1, -0.05) is 18.2 Å². The second-order valence-corrected chi connectivity index (χ2v) is 4.63. The summed E-state index contributed by atoms with van der Waals surface area (Å²) in [6, 6.07) is 5.50. The van der Waals surface area contributed by atoms with Crippen molar-refractivity contribution in [3.05, 3.63) is 29.3 Å². The van der Waals surface area contributed by atoms with Crippen LogP contribution in [0.2, 0.25) is 0 Å². The van der Waals surface area contributed by atoms with Gasteiger partial charge < -0.3 is 10.2 Å². The van der Waals surface area contributed by atoms with Gasteiger partial charge in [0.1, 0.15) is 0 Å². The van der Waals surface area contributed by atoms with Crippen LogP contribution in [0, 0.1) is 0 Å². The Morgan fingerprint density at radius 3 is 3.00 bits per heavy atom. The summed E-state index contributed by atoms with van der Waals surface area (Å²) in [7, 11) is 0. The third-order valence-electron chi connectivity index (χ3n) is 2.49. The van der Waals surface area contributed by atoms with Crippen molar-refractivity contribution in [3.63, 3.8) is 0 Å². The van der Waals surface area contributed by atoms with Crippen molar-refractivity contribution in [2.24, 2.45) is 0 Å². The predicted octanol–water partition coefficient (Wildman–Crippen LogP) is 1.84. The Bertz CT molecular complexity index is 389. The zero-order valence-corrected chi connectivity index (χ0v) is 8.96. The van der Waals surface area contributed by atoms with Gasteiger partial charge in [0.05, 0.1) is 0 Å². The molecule has 80 valence electrons. The summed E-state index contributed by atoms with van der Waals surface area (Å²) in [6.07, 6.45) is 0.692. The molecule has 0 amide bonds. The van der Waals surface area contributed by atoms with Gasteiger partial charge in [-0.25, -0.2) is 4.79 Å². The molecule has 1 aromatic carbocycles. The van der Waals surface area contributed by atoms with Crippen LogP contribution in [0.25, 0.3) is 0 Å². The van der Waals surface area contributed by atoms with E-state index in [1.165, 1.54) is 0 Å². The summed E-state index contributed by atoms with van der Waals surface area (Å²) in [4.78, 5) is 11.7. The minimum Gasteiger partial charge on any atom is -0.479 e. The summed E-state index contributed by atoms with van der Waals surface area (Å²) in [6.45, 7) is 0. The number of aryl methyl sites for hydroxylation is 1. The van der Waals surface area contributed by atoms with Crippen LogP contribution in [0.1, 0.15) is 23.7 Å². The van der Waals surface area contributed by atoms with Gasteiger partial charge in [-0.15, -0.1) is 11.8 Å². The molecule has 0 saturated carbocycles. The number of hydrogen-bond donors (Lipinski definition) is 2. The van der Waals surface area contributed by atoms with E-state index in [4.69, 9.17) is 5.11 Å². The number of thioether (sulfide) groups is 1. The molecule has 0 aliphatic carbocycles. The fourth-order valence-electron chi connectivity index (χ4n) is 1.76. The van der Waals surface area contributed by atoms with Gasteiger partial charge in [0.15, 0.2) is 6.10 Å². The second-order valence-electron chi connectivity index (χ2n) is 3.53. The number of carboxylic acids is 1. The molecule has 0 saturated heterocycles. The fourth-order valence-corrected chi connectivity index (χ4v) is 2.96. The highest BCUT2D eigenvalue weighted by Crippen LogP contribution is 2.35. The predicted molar refractivity (Wildman–Crippen MR) is 58.1 cm³/mol. The molecule has 0 fully saturated rings. The maximum atomic E-state index is 10.7. The van der Waals surface area contributed by atoms with Crippen LogP contribution in [-0.2, 0) is 11.2 Å². The van der Waals surface area contributed by atoms with Crippen LogP contribution in [0.4, 0.5) is 0 Å². The molecule has 0 spiro atoms. The van der Waals surface area contributed by atoms with Crippen LogP contribution >= 0.6 is 11.8 Å². The lowest BCUT2D eigenvalue weighted by molar-refractivity contribution is -0.147. The molecular formula is C11H12O3S. The van der Waals surface area contributed by atoms with E-state index >= 15 is 0 Å². The van der Waals surface area contributed by atoms with E-state index in [-0.39, 0.29) is 0 Å². The van der Waals surface area contributed by atoms with Gasteiger partial charge in [0.25, 0.3) is 0 Å². The molecule has 1 aliphatic heterocycles. The molecule has 1 heterocycles. The van der Waals surface area contributed by atoms with E-state index in [1.54, 1.807) is 17.8 Å². The number of aliphatic hydroxyl groups is 1. The molecule has 1 atom stereocenters. The molecule has 1 aliphatic rings. The zero-order chi connectivity index (χ0) is 10.8. The number of fused-ring (bicyclic) bond motifs is 1. The van der Waals surface area contributed by atoms with E-state index in [0.717, 1.165) is 29.1 Å². The first kappa shape index (κ1) is 10.5. The zero-order valence-electron chi connectivity index (χ0n) is 8.14. The summed E-state index contributed by atoms with van der Waals surface area (Å²) < 4.78 is 0. The summed E-state index contributed by atoms with van der Waals surface area (Å²) in [5.41, 5.74) is 1.69. The Morgan fingerprint density at radius 1 is 1.47 bits per heavy atom. The third kappa shape index (κ3) is 2.01. The second kappa shape index (κ2) is 4.24. The van der Waals surface area contributed by atoms with Crippen molar-refractivity contribution in [2.45, 2.75) is 23.8 Å². The van der Waals surface area contributed by atoms with E-state index in [1.807, 2.05) is 12.1 Å². The minimum atomic E-state index is -1.40. The lowest BCUT2D eigenvalue weighted by Crippen LogP contribution is -2.13. The van der Waals surface area contributed by atoms with Gasteiger partial charge in [-0.05, 0) is 24.2 Å². The third-order valence-corrected chi connectivity index (χ3v) is 3.77. The molecule has 3 nitrogen and oxygen atoms in total. The number of carbonyl (C=O) groups is 1. The first-order valence-electron chi connectivity index (χ1n) is 4.85. The van der Waals surface area contributed by atoms with Crippen molar-refractivity contribution in [1.82, 2.24) is 0 Å². The molecule has 4 heteroatoms. The number of aliphatic hydroxyl groups excluding tert-OH is 1. The van der Waals surface area contributed by atoms with Crippen LogP contribution in [0.3, 0.4) is 0 Å². The first-order valence-corrected chi connectivity index (χ1v) is 5.84. The molecule has 15 heavy (non-hydrogen) atoms. The van der Waals surface area contributed by atoms with Gasteiger partial charge in [0, 0.05) is 10.5 Å². The number of carboxylic acid groups (broad SMARTS) is 1. The highest BCUT2D eigenvalue weighted by molar-refractivity contribution is 7.99. The quantitative estimate of drug-likeness (QED) is 0.804. The monoisotopic (exact) mass is 224 g/mol. The Kier molecular flexibility index (Phi) is 2.98. The van der Waals surface area contributed by atoms with E-state index < -0.39 is 12.1 Å². The fraction of sp³-hybridized carbons (Fsp3) is 0.364. The average molecular weight is 224 g/mol. The Hall–Kier alpha value is -1.00. The molecule has 1 aromatic rings. The number of benzene rings is 1. The first-order chi connectivity index (χ1) is 7.20.